The number of benzene rings is 2. The molecule has 0 fully saturated rings. The van der Waals surface area contributed by atoms with Crippen LogP contribution >= 0.6 is 23.2 Å². The molecule has 0 saturated carbocycles. The molecule has 2 aromatic carbocycles. The molecule has 1 atom stereocenters. The predicted molar refractivity (Wildman–Crippen MR) is 118 cm³/mol. The molecule has 1 unspecified atom stereocenters. The van der Waals surface area contributed by atoms with Gasteiger partial charge in [-0.15, -0.1) is 0 Å². The number of nitrogens with zero attached hydrogens (tertiary/aromatic N) is 2. The van der Waals surface area contributed by atoms with Crippen molar-refractivity contribution in [2.24, 2.45) is 5.73 Å². The summed E-state index contributed by atoms with van der Waals surface area (Å²) in [4.78, 5) is 25.8. The van der Waals surface area contributed by atoms with Crippen molar-refractivity contribution >= 4 is 34.9 Å². The summed E-state index contributed by atoms with van der Waals surface area (Å²) < 4.78 is 0. The van der Waals surface area contributed by atoms with E-state index in [1.54, 1.807) is 48.5 Å². The van der Waals surface area contributed by atoms with Crippen molar-refractivity contribution in [2.75, 3.05) is 0 Å². The zero-order valence-electron chi connectivity index (χ0n) is 16.4. The second kappa shape index (κ2) is 8.46. The first kappa shape index (κ1) is 21.0. The molecule has 2 aliphatic rings. The van der Waals surface area contributed by atoms with Gasteiger partial charge in [-0.25, -0.2) is 5.01 Å². The maximum absolute atomic E-state index is 13.0. The first-order valence-electron chi connectivity index (χ1n) is 9.69. The van der Waals surface area contributed by atoms with Gasteiger partial charge in [-0.3, -0.25) is 15.0 Å². The fourth-order valence-corrected chi connectivity index (χ4v) is 4.53. The molecule has 6 nitrogen and oxygen atoms in total. The number of hydrogen-bond acceptors (Lipinski definition) is 5. The average molecular weight is 453 g/mol. The topological polar surface area (TPSA) is 99.2 Å². The SMILES string of the molecule is N#CC1=C(N)N(NC(=O)c2ccccc2)C2=C(C(=O)CCC2)C1c1ccc(Cl)cc1Cl. The Hall–Kier alpha value is -3.27. The van der Waals surface area contributed by atoms with Gasteiger partial charge in [0.15, 0.2) is 5.78 Å². The summed E-state index contributed by atoms with van der Waals surface area (Å²) in [6, 6.07) is 15.7. The van der Waals surface area contributed by atoms with Crippen molar-refractivity contribution < 1.29 is 9.59 Å². The van der Waals surface area contributed by atoms with Crippen molar-refractivity contribution in [3.63, 3.8) is 0 Å². The molecule has 2 aromatic rings. The van der Waals surface area contributed by atoms with E-state index < -0.39 is 11.8 Å². The van der Waals surface area contributed by atoms with Crippen LogP contribution in [0.5, 0.6) is 0 Å². The smallest absolute Gasteiger partial charge is 0.270 e. The molecule has 1 amide bonds. The van der Waals surface area contributed by atoms with Gasteiger partial charge >= 0.3 is 0 Å². The van der Waals surface area contributed by atoms with Crippen LogP contribution < -0.4 is 11.2 Å². The number of hydrazine groups is 1. The highest BCUT2D eigenvalue weighted by Gasteiger charge is 2.41. The molecule has 0 aromatic heterocycles. The lowest BCUT2D eigenvalue weighted by molar-refractivity contribution is -0.116. The summed E-state index contributed by atoms with van der Waals surface area (Å²) in [6.07, 6.45) is 1.49. The summed E-state index contributed by atoms with van der Waals surface area (Å²) in [5.74, 6) is -1.15. The van der Waals surface area contributed by atoms with Gasteiger partial charge in [0.25, 0.3) is 5.91 Å². The lowest BCUT2D eigenvalue weighted by atomic mass is 9.76. The summed E-state index contributed by atoms with van der Waals surface area (Å²) >= 11 is 12.5. The van der Waals surface area contributed by atoms with E-state index in [9.17, 15) is 14.9 Å². The Morgan fingerprint density at radius 1 is 1.16 bits per heavy atom. The van der Waals surface area contributed by atoms with E-state index in [0.29, 0.717) is 51.7 Å². The molecule has 4 rings (SSSR count). The Morgan fingerprint density at radius 2 is 1.90 bits per heavy atom. The van der Waals surface area contributed by atoms with Crippen molar-refractivity contribution in [1.29, 1.82) is 5.26 Å². The Kier molecular flexibility index (Phi) is 5.73. The monoisotopic (exact) mass is 452 g/mol. The molecule has 0 spiro atoms. The highest BCUT2D eigenvalue weighted by Crippen LogP contribution is 2.46. The Morgan fingerprint density at radius 3 is 2.58 bits per heavy atom. The van der Waals surface area contributed by atoms with E-state index in [1.165, 1.54) is 5.01 Å². The summed E-state index contributed by atoms with van der Waals surface area (Å²) in [6.45, 7) is 0. The largest absolute Gasteiger partial charge is 0.383 e. The number of nitrogens with one attached hydrogen (secondary N) is 1. The van der Waals surface area contributed by atoms with Gasteiger partial charge in [0, 0.05) is 33.3 Å². The second-order valence-corrected chi connectivity index (χ2v) is 8.13. The molecule has 0 bridgehead atoms. The fraction of sp³-hybridized carbons (Fsp3) is 0.174. The zero-order chi connectivity index (χ0) is 22.1. The van der Waals surface area contributed by atoms with Crippen LogP contribution in [0, 0.1) is 11.3 Å². The van der Waals surface area contributed by atoms with Gasteiger partial charge in [-0.05, 0) is 42.7 Å². The quantitative estimate of drug-likeness (QED) is 0.716. The molecule has 8 heteroatoms. The molecule has 1 aliphatic carbocycles. The minimum absolute atomic E-state index is 0.0660. The number of ketones is 1. The van der Waals surface area contributed by atoms with Crippen LogP contribution in [0.4, 0.5) is 0 Å². The van der Waals surface area contributed by atoms with Crippen LogP contribution in [0.2, 0.25) is 10.0 Å². The molecular weight excluding hydrogens is 435 g/mol. The van der Waals surface area contributed by atoms with Crippen LogP contribution in [0.1, 0.15) is 41.1 Å². The molecule has 1 aliphatic heterocycles. The maximum atomic E-state index is 13.0. The third-order valence-electron chi connectivity index (χ3n) is 5.44. The molecule has 3 N–H and O–H groups in total. The minimum atomic E-state index is -0.720. The predicted octanol–water partition coefficient (Wildman–Crippen LogP) is 4.44. The van der Waals surface area contributed by atoms with Crippen LogP contribution in [-0.2, 0) is 4.79 Å². The summed E-state index contributed by atoms with van der Waals surface area (Å²) in [7, 11) is 0. The minimum Gasteiger partial charge on any atom is -0.383 e. The van der Waals surface area contributed by atoms with E-state index in [-0.39, 0.29) is 17.2 Å². The Bertz CT molecular complexity index is 1180. The average Bonchev–Trinajstić information content (AvgIpc) is 2.76. The second-order valence-electron chi connectivity index (χ2n) is 7.29. The number of nitrogens with two attached hydrogens (primary N) is 1. The molecule has 31 heavy (non-hydrogen) atoms. The van der Waals surface area contributed by atoms with E-state index in [1.807, 2.05) is 0 Å². The van der Waals surface area contributed by atoms with Crippen LogP contribution in [-0.4, -0.2) is 16.7 Å². The van der Waals surface area contributed by atoms with Crippen molar-refractivity contribution in [3.05, 3.63) is 92.4 Å². The van der Waals surface area contributed by atoms with Crippen LogP contribution in [0.3, 0.4) is 0 Å². The number of halogens is 2. The van der Waals surface area contributed by atoms with Gasteiger partial charge < -0.3 is 5.73 Å². The summed E-state index contributed by atoms with van der Waals surface area (Å²) in [5.41, 5.74) is 11.3. The number of amides is 1. The van der Waals surface area contributed by atoms with Crippen LogP contribution in [0.15, 0.2) is 71.2 Å². The number of allylic oxidation sites excluding steroid dienone is 3. The van der Waals surface area contributed by atoms with Gasteiger partial charge in [0.2, 0.25) is 0 Å². The third-order valence-corrected chi connectivity index (χ3v) is 6.00. The number of nitriles is 1. The lowest BCUT2D eigenvalue weighted by Gasteiger charge is -2.39. The van der Waals surface area contributed by atoms with Crippen molar-refractivity contribution in [3.8, 4) is 6.07 Å². The van der Waals surface area contributed by atoms with Crippen molar-refractivity contribution in [2.45, 2.75) is 25.2 Å². The van der Waals surface area contributed by atoms with E-state index in [4.69, 9.17) is 28.9 Å². The number of Topliss-reactive ketones (excluding diaryl/α,β-unsaturated/α-hetero) is 1. The van der Waals surface area contributed by atoms with E-state index in [2.05, 4.69) is 11.5 Å². The van der Waals surface area contributed by atoms with Gasteiger partial charge in [-0.1, -0.05) is 47.5 Å². The molecule has 0 saturated heterocycles. The lowest BCUT2D eigenvalue weighted by Crippen LogP contribution is -2.48. The Balaban J connectivity index is 1.84. The standard InChI is InChI=1S/C23H18Cl2N4O2/c24-14-9-10-15(17(25)11-14)20-16(12-26)22(27)29(18-7-4-8-19(30)21(18)20)28-23(31)13-5-2-1-3-6-13/h1-3,5-6,9-11,20H,4,7-8,27H2,(H,28,31). The number of hydrogen-bond donors (Lipinski definition) is 2. The van der Waals surface area contributed by atoms with Crippen molar-refractivity contribution in [1.82, 2.24) is 10.4 Å². The molecular formula is C23H18Cl2N4O2. The summed E-state index contributed by atoms with van der Waals surface area (Å²) in [5, 5.41) is 12.1. The molecule has 1 heterocycles. The highest BCUT2D eigenvalue weighted by atomic mass is 35.5. The normalized spacial score (nSPS) is 18.5. The van der Waals surface area contributed by atoms with Gasteiger partial charge in [0.1, 0.15) is 5.82 Å². The van der Waals surface area contributed by atoms with E-state index >= 15 is 0 Å². The highest BCUT2D eigenvalue weighted by molar-refractivity contribution is 6.35. The van der Waals surface area contributed by atoms with Gasteiger partial charge in [-0.2, -0.15) is 5.26 Å². The first-order chi connectivity index (χ1) is 14.9. The Labute approximate surface area is 189 Å². The number of rotatable bonds is 3. The zero-order valence-corrected chi connectivity index (χ0v) is 17.9. The van der Waals surface area contributed by atoms with Gasteiger partial charge in [0.05, 0.1) is 17.6 Å². The van der Waals surface area contributed by atoms with Crippen LogP contribution in [0.25, 0.3) is 0 Å². The maximum Gasteiger partial charge on any atom is 0.270 e. The number of carbonyl (C=O) groups is 2. The van der Waals surface area contributed by atoms with E-state index in [0.717, 1.165) is 0 Å². The fourth-order valence-electron chi connectivity index (χ4n) is 4.02. The number of carbonyl (C=O) groups excluding carboxylic acids is 2. The third kappa shape index (κ3) is 3.78. The molecule has 0 radical (unpaired) electrons. The first-order valence-corrected chi connectivity index (χ1v) is 10.4. The molecule has 156 valence electrons.